The lowest BCUT2D eigenvalue weighted by Crippen LogP contribution is -2.33. The Hall–Kier alpha value is -3.45. The molecule has 6 nitrogen and oxygen atoms in total. The van der Waals surface area contributed by atoms with Gasteiger partial charge in [-0.2, -0.15) is 0 Å². The normalized spacial score (nSPS) is 11.7. The molecule has 0 aliphatic carbocycles. The van der Waals surface area contributed by atoms with Gasteiger partial charge >= 0.3 is 5.97 Å². The lowest BCUT2D eigenvalue weighted by atomic mass is 9.86. The molecular weight excluding hydrogens is 436 g/mol. The number of methoxy groups -OCH3 is 1. The van der Waals surface area contributed by atoms with Crippen molar-refractivity contribution in [2.24, 2.45) is 0 Å². The number of nitrogens with one attached hydrogen (secondary N) is 1. The monoisotopic (exact) mass is 464 g/mol. The predicted octanol–water partition coefficient (Wildman–Crippen LogP) is 4.44. The lowest BCUT2D eigenvalue weighted by Gasteiger charge is -2.25. The first-order valence-electron chi connectivity index (χ1n) is 10.6. The van der Waals surface area contributed by atoms with Crippen molar-refractivity contribution in [1.82, 2.24) is 10.3 Å². The van der Waals surface area contributed by atoms with Gasteiger partial charge in [-0.15, -0.1) is 0 Å². The molecule has 1 heterocycles. The van der Waals surface area contributed by atoms with E-state index in [0.717, 1.165) is 22.3 Å². The quantitative estimate of drug-likeness (QED) is 0.377. The average molecular weight is 465 g/mol. The van der Waals surface area contributed by atoms with Crippen molar-refractivity contribution in [3.8, 4) is 11.5 Å². The van der Waals surface area contributed by atoms with Crippen LogP contribution in [0.25, 0.3) is 0 Å². The van der Waals surface area contributed by atoms with E-state index in [9.17, 15) is 9.90 Å². The fourth-order valence-electron chi connectivity index (χ4n) is 3.60. The standard InChI is InChI=1S/C26H28N2O4S/c1-16-5-9-19(10-6-16)23(20-11-7-17(2)8-12-20)18(3)32-22(29)15-28-26(33)24-25(30)21(31-4)13-14-27-24/h5-14,18,23,30H,15H2,1-4H3,(H,28,33). The maximum absolute atomic E-state index is 12.6. The van der Waals surface area contributed by atoms with Gasteiger partial charge in [0.15, 0.2) is 11.5 Å². The number of nitrogens with zero attached hydrogens (tertiary/aromatic N) is 1. The molecule has 2 N–H and O–H groups in total. The molecule has 3 aromatic rings. The molecule has 0 saturated heterocycles. The Labute approximate surface area is 199 Å². The maximum Gasteiger partial charge on any atom is 0.325 e. The Bertz CT molecular complexity index is 1070. The van der Waals surface area contributed by atoms with Gasteiger partial charge in [0, 0.05) is 18.2 Å². The Kier molecular flexibility index (Phi) is 8.01. The minimum atomic E-state index is -0.462. The smallest absolute Gasteiger partial charge is 0.325 e. The summed E-state index contributed by atoms with van der Waals surface area (Å²) in [5.41, 5.74) is 4.61. The number of benzene rings is 2. The summed E-state index contributed by atoms with van der Waals surface area (Å²) >= 11 is 5.28. The molecule has 0 radical (unpaired) electrons. The first-order valence-corrected chi connectivity index (χ1v) is 11.0. The number of aromatic nitrogens is 1. The molecule has 3 rings (SSSR count). The van der Waals surface area contributed by atoms with Gasteiger partial charge in [-0.3, -0.25) is 4.79 Å². The highest BCUT2D eigenvalue weighted by Gasteiger charge is 2.25. The minimum Gasteiger partial charge on any atom is -0.503 e. The summed E-state index contributed by atoms with van der Waals surface area (Å²) in [7, 11) is 1.44. The second-order valence-electron chi connectivity index (χ2n) is 7.89. The summed E-state index contributed by atoms with van der Waals surface area (Å²) in [5, 5.41) is 13.0. The summed E-state index contributed by atoms with van der Waals surface area (Å²) in [6.45, 7) is 5.81. The summed E-state index contributed by atoms with van der Waals surface area (Å²) < 4.78 is 10.8. The van der Waals surface area contributed by atoms with Crippen molar-refractivity contribution >= 4 is 23.2 Å². The van der Waals surface area contributed by atoms with Crippen LogP contribution >= 0.6 is 12.2 Å². The highest BCUT2D eigenvalue weighted by atomic mass is 32.1. The Morgan fingerprint density at radius 1 is 1.03 bits per heavy atom. The van der Waals surface area contributed by atoms with Crippen molar-refractivity contribution in [1.29, 1.82) is 0 Å². The van der Waals surface area contributed by atoms with Crippen LogP contribution in [0, 0.1) is 13.8 Å². The number of ether oxygens (including phenoxy) is 2. The van der Waals surface area contributed by atoms with Crippen LogP contribution in [0.15, 0.2) is 60.8 Å². The molecule has 1 atom stereocenters. The average Bonchev–Trinajstić information content (AvgIpc) is 2.80. The van der Waals surface area contributed by atoms with Crippen molar-refractivity contribution in [2.75, 3.05) is 13.7 Å². The maximum atomic E-state index is 12.6. The first-order chi connectivity index (χ1) is 15.8. The third-order valence-corrected chi connectivity index (χ3v) is 5.71. The number of hydrogen-bond acceptors (Lipinski definition) is 6. The van der Waals surface area contributed by atoms with Crippen LogP contribution in [0.2, 0.25) is 0 Å². The zero-order chi connectivity index (χ0) is 24.0. The Morgan fingerprint density at radius 3 is 2.09 bits per heavy atom. The SMILES string of the molecule is COc1ccnc(C(=S)NCC(=O)OC(C)C(c2ccc(C)cc2)c2ccc(C)cc2)c1O. The summed E-state index contributed by atoms with van der Waals surface area (Å²) in [6, 6.07) is 18.0. The number of thiocarbonyl (C=S) groups is 1. The molecule has 0 amide bonds. The molecule has 33 heavy (non-hydrogen) atoms. The summed E-state index contributed by atoms with van der Waals surface area (Å²) in [5.74, 6) is -0.514. The predicted molar refractivity (Wildman–Crippen MR) is 132 cm³/mol. The molecule has 7 heteroatoms. The van der Waals surface area contributed by atoms with Crippen LogP contribution in [-0.4, -0.2) is 40.8 Å². The topological polar surface area (TPSA) is 80.7 Å². The molecule has 1 aromatic heterocycles. The fraction of sp³-hybridized carbons (Fsp3) is 0.269. The second-order valence-corrected chi connectivity index (χ2v) is 8.30. The van der Waals surface area contributed by atoms with E-state index < -0.39 is 12.1 Å². The fourth-order valence-corrected chi connectivity index (χ4v) is 3.82. The number of carbonyl (C=O) groups is 1. The van der Waals surface area contributed by atoms with E-state index in [0.29, 0.717) is 0 Å². The molecule has 0 fully saturated rings. The van der Waals surface area contributed by atoms with Gasteiger partial charge in [0.25, 0.3) is 0 Å². The first kappa shape index (κ1) is 24.2. The van der Waals surface area contributed by atoms with Gasteiger partial charge < -0.3 is 19.9 Å². The van der Waals surface area contributed by atoms with Crippen LogP contribution in [0.3, 0.4) is 0 Å². The van der Waals surface area contributed by atoms with E-state index in [1.165, 1.54) is 19.4 Å². The van der Waals surface area contributed by atoms with Crippen molar-refractivity contribution in [3.05, 3.63) is 88.7 Å². The van der Waals surface area contributed by atoms with Gasteiger partial charge in [0.05, 0.1) is 7.11 Å². The second kappa shape index (κ2) is 10.9. The lowest BCUT2D eigenvalue weighted by molar-refractivity contribution is -0.147. The summed E-state index contributed by atoms with van der Waals surface area (Å²) in [4.78, 5) is 16.8. The number of carbonyl (C=O) groups excluding carboxylic acids is 1. The van der Waals surface area contributed by atoms with E-state index in [1.807, 2.05) is 20.8 Å². The minimum absolute atomic E-state index is 0.119. The van der Waals surface area contributed by atoms with Gasteiger partial charge in [-0.25, -0.2) is 4.98 Å². The summed E-state index contributed by atoms with van der Waals surface area (Å²) in [6.07, 6.45) is 1.05. The molecule has 172 valence electrons. The van der Waals surface area contributed by atoms with Crippen LogP contribution in [0.1, 0.15) is 40.8 Å². The van der Waals surface area contributed by atoms with Crippen LogP contribution in [-0.2, 0) is 9.53 Å². The van der Waals surface area contributed by atoms with Gasteiger partial charge in [0.2, 0.25) is 0 Å². The third-order valence-electron chi connectivity index (χ3n) is 5.38. The van der Waals surface area contributed by atoms with Crippen molar-refractivity contribution in [3.63, 3.8) is 0 Å². The molecule has 2 aromatic carbocycles. The van der Waals surface area contributed by atoms with Gasteiger partial charge in [-0.05, 0) is 31.9 Å². The highest BCUT2D eigenvalue weighted by molar-refractivity contribution is 7.80. The van der Waals surface area contributed by atoms with E-state index in [-0.39, 0.29) is 34.6 Å². The van der Waals surface area contributed by atoms with Gasteiger partial charge in [-0.1, -0.05) is 71.9 Å². The van der Waals surface area contributed by atoms with E-state index >= 15 is 0 Å². The number of esters is 1. The highest BCUT2D eigenvalue weighted by Crippen LogP contribution is 2.31. The molecule has 0 aliphatic heterocycles. The van der Waals surface area contributed by atoms with Crippen LogP contribution in [0.5, 0.6) is 11.5 Å². The van der Waals surface area contributed by atoms with Crippen LogP contribution in [0.4, 0.5) is 0 Å². The third kappa shape index (κ3) is 6.08. The molecule has 1 unspecified atom stereocenters. The van der Waals surface area contributed by atoms with Crippen LogP contribution < -0.4 is 10.1 Å². The largest absolute Gasteiger partial charge is 0.503 e. The van der Waals surface area contributed by atoms with E-state index in [1.54, 1.807) is 0 Å². The zero-order valence-corrected chi connectivity index (χ0v) is 20.0. The number of hydrogen-bond donors (Lipinski definition) is 2. The molecule has 0 spiro atoms. The molecule has 0 bridgehead atoms. The van der Waals surface area contributed by atoms with Crippen molar-refractivity contribution < 1.29 is 19.4 Å². The Balaban J connectivity index is 1.70. The number of aryl methyl sites for hydroxylation is 2. The number of pyridine rings is 1. The van der Waals surface area contributed by atoms with Gasteiger partial charge in [0.1, 0.15) is 23.3 Å². The van der Waals surface area contributed by atoms with E-state index in [2.05, 4.69) is 58.8 Å². The molecule has 0 saturated carbocycles. The number of rotatable bonds is 8. The number of aromatic hydroxyl groups is 1. The van der Waals surface area contributed by atoms with Crippen molar-refractivity contribution in [2.45, 2.75) is 32.8 Å². The molecular formula is C26H28N2O4S. The zero-order valence-electron chi connectivity index (χ0n) is 19.2. The Morgan fingerprint density at radius 2 is 1.58 bits per heavy atom. The van der Waals surface area contributed by atoms with E-state index in [4.69, 9.17) is 21.7 Å². The molecule has 0 aliphatic rings.